The Labute approximate surface area is 149 Å². The highest BCUT2D eigenvalue weighted by molar-refractivity contribution is 14.1. The van der Waals surface area contributed by atoms with Crippen LogP contribution in [0, 0.1) is 14.9 Å². The molecule has 0 spiro atoms. The average molecular weight is 429 g/mol. The summed E-state index contributed by atoms with van der Waals surface area (Å²) >= 11 is 2.19. The Balaban J connectivity index is 2.80. The summed E-state index contributed by atoms with van der Waals surface area (Å²) in [7, 11) is 0. The standard InChI is InChI=1S/C16H20IN3O3/c1-16(2,3)23-15(22)20-13(14(21)19-9-8-18)10-11-4-6-12(17)7-5-11/h4-7,13H,9-10H2,1-3H3,(H,19,21)(H,20,22)/t13-/m1/s1. The summed E-state index contributed by atoms with van der Waals surface area (Å²) in [5, 5.41) is 13.6. The van der Waals surface area contributed by atoms with Crippen LogP contribution in [-0.2, 0) is 16.0 Å². The number of halogens is 1. The lowest BCUT2D eigenvalue weighted by Gasteiger charge is -2.23. The van der Waals surface area contributed by atoms with Gasteiger partial charge in [0.15, 0.2) is 0 Å². The van der Waals surface area contributed by atoms with Crippen molar-refractivity contribution in [3.8, 4) is 6.07 Å². The normalized spacial score (nSPS) is 12.0. The molecular weight excluding hydrogens is 409 g/mol. The molecule has 0 fully saturated rings. The SMILES string of the molecule is CC(C)(C)OC(=O)N[C@H](Cc1ccc(I)cc1)C(=O)NCC#N. The molecule has 0 unspecified atom stereocenters. The number of ether oxygens (including phenoxy) is 1. The predicted octanol–water partition coefficient (Wildman–Crippen LogP) is 2.37. The number of hydrogen-bond donors (Lipinski definition) is 2. The van der Waals surface area contributed by atoms with Crippen LogP contribution in [0.25, 0.3) is 0 Å². The van der Waals surface area contributed by atoms with E-state index in [0.717, 1.165) is 9.13 Å². The quantitative estimate of drug-likeness (QED) is 0.556. The Morgan fingerprint density at radius 3 is 2.43 bits per heavy atom. The number of rotatable bonds is 5. The van der Waals surface area contributed by atoms with E-state index in [-0.39, 0.29) is 6.54 Å². The molecule has 1 atom stereocenters. The Bertz CT molecular complexity index is 588. The largest absolute Gasteiger partial charge is 0.444 e. The van der Waals surface area contributed by atoms with Gasteiger partial charge in [-0.2, -0.15) is 5.26 Å². The van der Waals surface area contributed by atoms with Gasteiger partial charge >= 0.3 is 6.09 Å². The highest BCUT2D eigenvalue weighted by Gasteiger charge is 2.24. The van der Waals surface area contributed by atoms with Crippen LogP contribution in [0.15, 0.2) is 24.3 Å². The number of carbonyl (C=O) groups excluding carboxylic acids is 2. The van der Waals surface area contributed by atoms with Gasteiger partial charge in [0.05, 0.1) is 6.07 Å². The van der Waals surface area contributed by atoms with Gasteiger partial charge < -0.3 is 15.4 Å². The van der Waals surface area contributed by atoms with Gasteiger partial charge in [-0.25, -0.2) is 4.79 Å². The monoisotopic (exact) mass is 429 g/mol. The summed E-state index contributed by atoms with van der Waals surface area (Å²) in [4.78, 5) is 24.1. The van der Waals surface area contributed by atoms with Crippen LogP contribution in [0.3, 0.4) is 0 Å². The lowest BCUT2D eigenvalue weighted by molar-refractivity contribution is -0.122. The van der Waals surface area contributed by atoms with Crippen LogP contribution >= 0.6 is 22.6 Å². The lowest BCUT2D eigenvalue weighted by atomic mass is 10.1. The molecule has 1 aromatic rings. The fraction of sp³-hybridized carbons (Fsp3) is 0.438. The second-order valence-electron chi connectivity index (χ2n) is 5.91. The van der Waals surface area contributed by atoms with Gasteiger partial charge in [-0.1, -0.05) is 12.1 Å². The molecule has 0 saturated carbocycles. The molecule has 0 aromatic heterocycles. The number of benzene rings is 1. The lowest BCUT2D eigenvalue weighted by Crippen LogP contribution is -2.49. The minimum absolute atomic E-state index is 0.113. The summed E-state index contributed by atoms with van der Waals surface area (Å²) < 4.78 is 6.26. The molecule has 0 heterocycles. The van der Waals surface area contributed by atoms with Gasteiger partial charge in [0.25, 0.3) is 0 Å². The maximum atomic E-state index is 12.1. The predicted molar refractivity (Wildman–Crippen MR) is 94.6 cm³/mol. The first-order valence-corrected chi connectivity index (χ1v) is 8.18. The number of hydrogen-bond acceptors (Lipinski definition) is 4. The van der Waals surface area contributed by atoms with Crippen molar-refractivity contribution in [2.75, 3.05) is 6.54 Å². The first-order chi connectivity index (χ1) is 10.7. The molecule has 6 nitrogen and oxygen atoms in total. The van der Waals surface area contributed by atoms with Crippen molar-refractivity contribution < 1.29 is 14.3 Å². The third-order valence-corrected chi connectivity index (χ3v) is 3.42. The van der Waals surface area contributed by atoms with Crippen molar-refractivity contribution in [3.05, 3.63) is 33.4 Å². The molecule has 124 valence electrons. The van der Waals surface area contributed by atoms with E-state index in [1.54, 1.807) is 20.8 Å². The van der Waals surface area contributed by atoms with Crippen molar-refractivity contribution in [1.82, 2.24) is 10.6 Å². The molecule has 0 aliphatic rings. The van der Waals surface area contributed by atoms with E-state index < -0.39 is 23.6 Å². The van der Waals surface area contributed by atoms with E-state index in [1.807, 2.05) is 30.3 Å². The van der Waals surface area contributed by atoms with Crippen molar-refractivity contribution in [3.63, 3.8) is 0 Å². The van der Waals surface area contributed by atoms with Crippen LogP contribution in [0.4, 0.5) is 4.79 Å². The Morgan fingerprint density at radius 2 is 1.91 bits per heavy atom. The fourth-order valence-corrected chi connectivity index (χ4v) is 2.12. The Morgan fingerprint density at radius 1 is 1.30 bits per heavy atom. The molecule has 0 radical (unpaired) electrons. The summed E-state index contributed by atoms with van der Waals surface area (Å²) in [6.45, 7) is 5.13. The molecular formula is C16H20IN3O3. The number of nitrogens with one attached hydrogen (secondary N) is 2. The first kappa shape index (κ1) is 19.2. The minimum atomic E-state index is -0.807. The smallest absolute Gasteiger partial charge is 0.408 e. The number of alkyl carbamates (subject to hydrolysis) is 1. The average Bonchev–Trinajstić information content (AvgIpc) is 2.44. The molecule has 0 aliphatic heterocycles. The van der Waals surface area contributed by atoms with E-state index >= 15 is 0 Å². The van der Waals surface area contributed by atoms with Crippen LogP contribution in [0.1, 0.15) is 26.3 Å². The second kappa shape index (κ2) is 8.72. The van der Waals surface area contributed by atoms with Gasteiger partial charge in [0, 0.05) is 9.99 Å². The van der Waals surface area contributed by atoms with Crippen molar-refractivity contribution in [2.45, 2.75) is 38.8 Å². The first-order valence-electron chi connectivity index (χ1n) is 7.10. The van der Waals surface area contributed by atoms with Crippen LogP contribution in [0.5, 0.6) is 0 Å². The van der Waals surface area contributed by atoms with Gasteiger partial charge in [0.2, 0.25) is 5.91 Å². The third-order valence-electron chi connectivity index (χ3n) is 2.70. The molecule has 7 heteroatoms. The molecule has 0 aliphatic carbocycles. The van der Waals surface area contributed by atoms with E-state index in [1.165, 1.54) is 0 Å². The topological polar surface area (TPSA) is 91.2 Å². The van der Waals surface area contributed by atoms with E-state index in [4.69, 9.17) is 10.00 Å². The number of carbonyl (C=O) groups is 2. The molecule has 0 saturated heterocycles. The molecule has 0 bridgehead atoms. The molecule has 23 heavy (non-hydrogen) atoms. The van der Waals surface area contributed by atoms with Gasteiger partial charge in [-0.3, -0.25) is 4.79 Å². The summed E-state index contributed by atoms with van der Waals surface area (Å²) in [5.74, 6) is -0.420. The van der Waals surface area contributed by atoms with E-state index in [2.05, 4.69) is 33.2 Å². The minimum Gasteiger partial charge on any atom is -0.444 e. The zero-order valence-corrected chi connectivity index (χ0v) is 15.5. The van der Waals surface area contributed by atoms with E-state index in [9.17, 15) is 9.59 Å². The molecule has 1 aromatic carbocycles. The summed E-state index contributed by atoms with van der Waals surface area (Å²) in [5.41, 5.74) is 0.249. The molecule has 1 rings (SSSR count). The molecule has 2 N–H and O–H groups in total. The number of nitriles is 1. The number of amides is 2. The zero-order chi connectivity index (χ0) is 17.5. The number of nitrogens with zero attached hydrogens (tertiary/aromatic N) is 1. The maximum Gasteiger partial charge on any atom is 0.408 e. The van der Waals surface area contributed by atoms with Crippen molar-refractivity contribution >= 4 is 34.6 Å². The van der Waals surface area contributed by atoms with Crippen molar-refractivity contribution in [1.29, 1.82) is 5.26 Å². The molecule has 2 amide bonds. The van der Waals surface area contributed by atoms with Crippen LogP contribution in [-0.4, -0.2) is 30.2 Å². The zero-order valence-electron chi connectivity index (χ0n) is 13.4. The second-order valence-corrected chi connectivity index (χ2v) is 7.15. The van der Waals surface area contributed by atoms with Gasteiger partial charge in [-0.05, 0) is 61.1 Å². The summed E-state index contributed by atoms with van der Waals surface area (Å²) in [6, 6.07) is 8.66. The van der Waals surface area contributed by atoms with E-state index in [0.29, 0.717) is 6.42 Å². The Kier molecular flexibility index (Phi) is 7.29. The maximum absolute atomic E-state index is 12.1. The van der Waals surface area contributed by atoms with Crippen LogP contribution in [0.2, 0.25) is 0 Å². The van der Waals surface area contributed by atoms with Crippen LogP contribution < -0.4 is 10.6 Å². The highest BCUT2D eigenvalue weighted by Crippen LogP contribution is 2.11. The summed E-state index contributed by atoms with van der Waals surface area (Å²) in [6.07, 6.45) is -0.354. The fourth-order valence-electron chi connectivity index (χ4n) is 1.77. The van der Waals surface area contributed by atoms with Gasteiger partial charge in [0.1, 0.15) is 18.2 Å². The highest BCUT2D eigenvalue weighted by atomic mass is 127. The van der Waals surface area contributed by atoms with Crippen molar-refractivity contribution in [2.24, 2.45) is 0 Å². The Hall–Kier alpha value is -1.82. The third kappa shape index (κ3) is 7.83. The van der Waals surface area contributed by atoms with Gasteiger partial charge in [-0.15, -0.1) is 0 Å².